The molecule has 0 bridgehead atoms. The summed E-state index contributed by atoms with van der Waals surface area (Å²) in [6.07, 6.45) is 12.9. The minimum Gasteiger partial charge on any atom is -0.458 e. The molecular weight excluding hydrogens is 456 g/mol. The summed E-state index contributed by atoms with van der Waals surface area (Å²) < 4.78 is 5.24. The smallest absolute Gasteiger partial charge is 0.331 e. The molecular formula is C29H38N2O5. The highest BCUT2D eigenvalue weighted by Gasteiger charge is 2.71. The van der Waals surface area contributed by atoms with Gasteiger partial charge >= 0.3 is 5.97 Å². The number of aromatic nitrogens is 1. The van der Waals surface area contributed by atoms with E-state index in [4.69, 9.17) is 9.73 Å². The van der Waals surface area contributed by atoms with Crippen molar-refractivity contribution in [2.24, 2.45) is 33.6 Å². The number of pyridine rings is 1. The van der Waals surface area contributed by atoms with Crippen LogP contribution in [0.2, 0.25) is 0 Å². The molecule has 1 aromatic heterocycles. The quantitative estimate of drug-likeness (QED) is 0.437. The van der Waals surface area contributed by atoms with E-state index in [1.807, 2.05) is 18.3 Å². The van der Waals surface area contributed by atoms with Gasteiger partial charge in [-0.05, 0) is 92.4 Å². The number of esters is 1. The van der Waals surface area contributed by atoms with Gasteiger partial charge in [-0.15, -0.1) is 0 Å². The molecule has 7 nitrogen and oxygen atoms in total. The van der Waals surface area contributed by atoms with E-state index in [1.54, 1.807) is 18.5 Å². The molecule has 0 spiro atoms. The first-order chi connectivity index (χ1) is 17.2. The second kappa shape index (κ2) is 8.47. The zero-order chi connectivity index (χ0) is 25.2. The van der Waals surface area contributed by atoms with Crippen LogP contribution in [-0.4, -0.2) is 56.4 Å². The van der Waals surface area contributed by atoms with Crippen molar-refractivity contribution in [1.82, 2.24) is 4.98 Å². The highest BCUT2D eigenvalue weighted by Crippen LogP contribution is 2.70. The van der Waals surface area contributed by atoms with Crippen LogP contribution in [0, 0.1) is 28.6 Å². The average molecular weight is 495 g/mol. The van der Waals surface area contributed by atoms with Crippen molar-refractivity contribution in [3.05, 3.63) is 41.7 Å². The molecule has 36 heavy (non-hydrogen) atoms. The Bertz CT molecular complexity index is 1090. The Labute approximate surface area is 212 Å². The zero-order valence-corrected chi connectivity index (χ0v) is 21.1. The number of aliphatic imine (C=N–C) groups is 1. The number of aliphatic hydroxyl groups is 3. The Morgan fingerprint density at radius 1 is 1.08 bits per heavy atom. The van der Waals surface area contributed by atoms with Crippen LogP contribution in [0.5, 0.6) is 0 Å². The standard InChI is InChI=1S/C29H38N2O5/c1-26-8-3-23-24(29(26,35)11-5-22(26)20-14-25(33)36-17-20)4-10-28(34)15-21(32)2-9-27(23,28)18-31-16-19-6-12-30-13-7-19/h6-7,12-14,18,21-24,32,34-35H,2-5,8-11,15-17H2,1H3/t21?,22?,23-,24?,26+,27-,28?,29?/m0/s1. The number of carbonyl (C=O) groups is 1. The second-order valence-electron chi connectivity index (χ2n) is 12.3. The predicted octanol–water partition coefficient (Wildman–Crippen LogP) is 3.37. The van der Waals surface area contributed by atoms with E-state index in [-0.39, 0.29) is 29.1 Å². The number of nitrogens with zero attached hydrogens (tertiary/aromatic N) is 2. The molecule has 6 rings (SSSR count). The molecule has 0 saturated heterocycles. The Hall–Kier alpha value is -2.09. The highest BCUT2D eigenvalue weighted by molar-refractivity contribution is 5.85. The molecule has 4 aliphatic carbocycles. The number of aliphatic hydroxyl groups excluding tert-OH is 1. The van der Waals surface area contributed by atoms with E-state index in [2.05, 4.69) is 11.9 Å². The number of hydrogen-bond acceptors (Lipinski definition) is 7. The number of cyclic esters (lactones) is 1. The van der Waals surface area contributed by atoms with Crippen molar-refractivity contribution in [1.29, 1.82) is 0 Å². The molecule has 0 aromatic carbocycles. The maximum absolute atomic E-state index is 12.5. The van der Waals surface area contributed by atoms with Crippen molar-refractivity contribution in [3.63, 3.8) is 0 Å². The first kappa shape index (κ1) is 24.3. The summed E-state index contributed by atoms with van der Waals surface area (Å²) >= 11 is 0. The fourth-order valence-electron chi connectivity index (χ4n) is 9.16. The van der Waals surface area contributed by atoms with Gasteiger partial charge < -0.3 is 20.1 Å². The van der Waals surface area contributed by atoms with Gasteiger partial charge in [0.2, 0.25) is 0 Å². The van der Waals surface area contributed by atoms with Crippen molar-refractivity contribution in [3.8, 4) is 0 Å². The lowest BCUT2D eigenvalue weighted by Gasteiger charge is -2.65. The van der Waals surface area contributed by atoms with Gasteiger partial charge in [-0.3, -0.25) is 9.98 Å². The molecule has 0 amide bonds. The normalized spacial score (nSPS) is 46.1. The molecule has 5 aliphatic rings. The molecule has 0 radical (unpaired) electrons. The fraction of sp³-hybridized carbons (Fsp3) is 0.690. The van der Waals surface area contributed by atoms with Crippen molar-refractivity contribution in [2.45, 2.75) is 88.6 Å². The summed E-state index contributed by atoms with van der Waals surface area (Å²) in [4.78, 5) is 20.8. The molecule has 2 heterocycles. The Kier molecular flexibility index (Phi) is 5.71. The molecule has 5 unspecified atom stereocenters. The largest absolute Gasteiger partial charge is 0.458 e. The maximum Gasteiger partial charge on any atom is 0.331 e. The van der Waals surface area contributed by atoms with Gasteiger partial charge in [0.1, 0.15) is 6.61 Å². The molecule has 3 N–H and O–H groups in total. The first-order valence-electron chi connectivity index (χ1n) is 13.6. The molecule has 4 saturated carbocycles. The predicted molar refractivity (Wildman–Crippen MR) is 134 cm³/mol. The van der Waals surface area contributed by atoms with Gasteiger partial charge in [0.05, 0.1) is 23.9 Å². The summed E-state index contributed by atoms with van der Waals surface area (Å²) in [7, 11) is 0. The molecule has 1 aliphatic heterocycles. The molecule has 194 valence electrons. The third-order valence-corrected chi connectivity index (χ3v) is 11.0. The highest BCUT2D eigenvalue weighted by atomic mass is 16.5. The van der Waals surface area contributed by atoms with Crippen molar-refractivity contribution in [2.75, 3.05) is 6.61 Å². The lowest BCUT2D eigenvalue weighted by molar-refractivity contribution is -0.237. The lowest BCUT2D eigenvalue weighted by Crippen LogP contribution is -2.68. The number of fused-ring (bicyclic) bond motifs is 5. The Morgan fingerprint density at radius 2 is 1.86 bits per heavy atom. The van der Waals surface area contributed by atoms with Crippen LogP contribution in [0.25, 0.3) is 0 Å². The van der Waals surface area contributed by atoms with Crippen LogP contribution in [0.3, 0.4) is 0 Å². The van der Waals surface area contributed by atoms with Gasteiger partial charge in [-0.2, -0.15) is 0 Å². The van der Waals surface area contributed by atoms with Crippen molar-refractivity contribution < 1.29 is 24.9 Å². The van der Waals surface area contributed by atoms with E-state index >= 15 is 0 Å². The Balaban J connectivity index is 1.35. The first-order valence-corrected chi connectivity index (χ1v) is 13.6. The monoisotopic (exact) mass is 494 g/mol. The van der Waals surface area contributed by atoms with Crippen molar-refractivity contribution >= 4 is 12.2 Å². The minimum atomic E-state index is -1.02. The third kappa shape index (κ3) is 3.38. The van der Waals surface area contributed by atoms with Gasteiger partial charge in [0, 0.05) is 41.9 Å². The number of ether oxygens (including phenoxy) is 1. The molecule has 1 aromatic rings. The van der Waals surface area contributed by atoms with Crippen LogP contribution in [0.4, 0.5) is 0 Å². The second-order valence-corrected chi connectivity index (χ2v) is 12.3. The zero-order valence-electron chi connectivity index (χ0n) is 21.1. The molecule has 4 fully saturated rings. The molecule has 7 heteroatoms. The average Bonchev–Trinajstić information content (AvgIpc) is 3.40. The van der Waals surface area contributed by atoms with E-state index in [1.165, 1.54) is 0 Å². The Morgan fingerprint density at radius 3 is 2.61 bits per heavy atom. The topological polar surface area (TPSA) is 112 Å². The third-order valence-electron chi connectivity index (χ3n) is 11.0. The van der Waals surface area contributed by atoms with Gasteiger partial charge in [-0.1, -0.05) is 6.92 Å². The number of hydrogen-bond donors (Lipinski definition) is 3. The fourth-order valence-corrected chi connectivity index (χ4v) is 9.16. The summed E-state index contributed by atoms with van der Waals surface area (Å²) in [5.74, 6) is 0.00532. The summed E-state index contributed by atoms with van der Waals surface area (Å²) in [5, 5.41) is 35.1. The number of carbonyl (C=O) groups excluding carboxylic acids is 1. The van der Waals surface area contributed by atoms with Gasteiger partial charge in [-0.25, -0.2) is 4.79 Å². The van der Waals surface area contributed by atoms with Crippen LogP contribution < -0.4 is 0 Å². The maximum atomic E-state index is 12.5. The van der Waals surface area contributed by atoms with E-state index in [0.29, 0.717) is 45.3 Å². The SMILES string of the molecule is C[C@]12CC[C@H]3C(CCC4(O)CC(O)CC[C@]34C=NCc3ccncc3)C1(O)CCC2C1=CC(=O)OC1. The number of rotatable bonds is 4. The van der Waals surface area contributed by atoms with E-state index in [0.717, 1.165) is 36.8 Å². The summed E-state index contributed by atoms with van der Waals surface area (Å²) in [6.45, 7) is 3.07. The van der Waals surface area contributed by atoms with E-state index < -0.39 is 22.7 Å². The van der Waals surface area contributed by atoms with Crippen LogP contribution in [-0.2, 0) is 16.1 Å². The minimum absolute atomic E-state index is 0.0442. The summed E-state index contributed by atoms with van der Waals surface area (Å²) in [6, 6.07) is 3.91. The van der Waals surface area contributed by atoms with Crippen LogP contribution in [0.15, 0.2) is 41.2 Å². The summed E-state index contributed by atoms with van der Waals surface area (Å²) in [5.41, 5.74) is -0.686. The van der Waals surface area contributed by atoms with Crippen LogP contribution >= 0.6 is 0 Å². The van der Waals surface area contributed by atoms with Gasteiger partial charge in [0.25, 0.3) is 0 Å². The lowest BCUT2D eigenvalue weighted by atomic mass is 9.41. The van der Waals surface area contributed by atoms with E-state index in [9.17, 15) is 20.1 Å². The molecule has 8 atom stereocenters. The van der Waals surface area contributed by atoms with Gasteiger partial charge in [0.15, 0.2) is 0 Å². The van der Waals surface area contributed by atoms with Crippen LogP contribution in [0.1, 0.15) is 70.3 Å².